The van der Waals surface area contributed by atoms with Gasteiger partial charge in [-0.05, 0) is 52.0 Å². The van der Waals surface area contributed by atoms with Crippen molar-refractivity contribution in [1.82, 2.24) is 14.9 Å². The van der Waals surface area contributed by atoms with Crippen molar-refractivity contribution in [2.75, 3.05) is 37.7 Å². The van der Waals surface area contributed by atoms with Crippen molar-refractivity contribution >= 4 is 17.7 Å². The molecule has 0 bridgehead atoms. The van der Waals surface area contributed by atoms with Gasteiger partial charge in [0, 0.05) is 37.9 Å². The Labute approximate surface area is 189 Å². The molecule has 0 unspecified atom stereocenters. The van der Waals surface area contributed by atoms with Crippen LogP contribution in [0.2, 0.25) is 0 Å². The summed E-state index contributed by atoms with van der Waals surface area (Å²) in [5.74, 6) is 1.05. The molecule has 0 atom stereocenters. The number of nitrogens with zero attached hydrogens (tertiary/aromatic N) is 4. The summed E-state index contributed by atoms with van der Waals surface area (Å²) in [7, 11) is 0. The molecule has 2 aliphatic rings. The van der Waals surface area contributed by atoms with Crippen LogP contribution in [0, 0.1) is 12.8 Å². The second kappa shape index (κ2) is 10.1. The lowest BCUT2D eigenvalue weighted by molar-refractivity contribution is -0.149. The molecule has 2 saturated heterocycles. The Bertz CT molecular complexity index is 963. The second-order valence-electron chi connectivity index (χ2n) is 8.67. The molecule has 0 spiro atoms. The molecule has 1 aromatic carbocycles. The van der Waals surface area contributed by atoms with Gasteiger partial charge in [-0.15, -0.1) is 0 Å². The molecule has 3 heterocycles. The zero-order valence-corrected chi connectivity index (χ0v) is 19.0. The number of ether oxygens (including phenoxy) is 1. The van der Waals surface area contributed by atoms with Crippen molar-refractivity contribution in [2.24, 2.45) is 5.92 Å². The summed E-state index contributed by atoms with van der Waals surface area (Å²) in [6, 6.07) is 8.12. The Balaban J connectivity index is 1.58. The number of aryl methyl sites for hydroxylation is 1. The first-order valence-corrected chi connectivity index (χ1v) is 11.7. The zero-order chi connectivity index (χ0) is 22.5. The van der Waals surface area contributed by atoms with E-state index in [1.807, 2.05) is 36.9 Å². The number of hydrogen-bond donors (Lipinski definition) is 0. The lowest BCUT2D eigenvalue weighted by Crippen LogP contribution is -2.42. The molecule has 7 heteroatoms. The van der Waals surface area contributed by atoms with Crippen molar-refractivity contribution in [1.29, 1.82) is 0 Å². The fourth-order valence-electron chi connectivity index (χ4n) is 4.54. The van der Waals surface area contributed by atoms with E-state index in [4.69, 9.17) is 9.72 Å². The molecule has 0 aliphatic carbocycles. The van der Waals surface area contributed by atoms with E-state index in [0.29, 0.717) is 43.9 Å². The fraction of sp³-hybridized carbons (Fsp3) is 0.520. The highest BCUT2D eigenvalue weighted by atomic mass is 16.5. The Morgan fingerprint density at radius 2 is 1.84 bits per heavy atom. The van der Waals surface area contributed by atoms with Gasteiger partial charge in [0.05, 0.1) is 12.5 Å². The van der Waals surface area contributed by atoms with Crippen LogP contribution in [0.3, 0.4) is 0 Å². The Hall–Kier alpha value is -2.96. The standard InChI is InChI=1S/C25H32N4O3/c1-3-32-25(31)19-10-14-29(15-11-19)24(30)21-17-26-22(20-9-7-8-18(2)16-20)27-23(21)28-12-5-4-6-13-28/h7-9,16-17,19H,3-6,10-15H2,1-2H3. The van der Waals surface area contributed by atoms with E-state index in [9.17, 15) is 9.59 Å². The predicted octanol–water partition coefficient (Wildman–Crippen LogP) is 3.86. The summed E-state index contributed by atoms with van der Waals surface area (Å²) in [5, 5.41) is 0. The lowest BCUT2D eigenvalue weighted by atomic mass is 9.96. The Morgan fingerprint density at radius 3 is 2.53 bits per heavy atom. The third-order valence-corrected chi connectivity index (χ3v) is 6.33. The van der Waals surface area contributed by atoms with Gasteiger partial charge >= 0.3 is 5.97 Å². The number of piperidine rings is 2. The SMILES string of the molecule is CCOC(=O)C1CCN(C(=O)c2cnc(-c3cccc(C)c3)nc2N2CCCCC2)CC1. The summed E-state index contributed by atoms with van der Waals surface area (Å²) >= 11 is 0. The highest BCUT2D eigenvalue weighted by molar-refractivity contribution is 5.99. The summed E-state index contributed by atoms with van der Waals surface area (Å²) in [4.78, 5) is 39.0. The molecule has 4 rings (SSSR count). The largest absolute Gasteiger partial charge is 0.466 e. The van der Waals surface area contributed by atoms with Crippen LogP contribution >= 0.6 is 0 Å². The summed E-state index contributed by atoms with van der Waals surface area (Å²) in [6.45, 7) is 7.14. The van der Waals surface area contributed by atoms with E-state index in [1.54, 1.807) is 6.20 Å². The minimum Gasteiger partial charge on any atom is -0.466 e. The maximum absolute atomic E-state index is 13.5. The molecule has 170 valence electrons. The van der Waals surface area contributed by atoms with E-state index in [0.717, 1.165) is 42.9 Å². The van der Waals surface area contributed by atoms with Gasteiger partial charge in [0.2, 0.25) is 0 Å². The van der Waals surface area contributed by atoms with Crippen LogP contribution < -0.4 is 4.90 Å². The summed E-state index contributed by atoms with van der Waals surface area (Å²) in [6.07, 6.45) is 6.35. The van der Waals surface area contributed by atoms with Gasteiger partial charge in [-0.2, -0.15) is 0 Å². The molecule has 0 saturated carbocycles. The van der Waals surface area contributed by atoms with Gasteiger partial charge in [-0.1, -0.05) is 23.8 Å². The molecular formula is C25H32N4O3. The van der Waals surface area contributed by atoms with Gasteiger partial charge in [0.1, 0.15) is 11.4 Å². The van der Waals surface area contributed by atoms with Gasteiger partial charge in [0.25, 0.3) is 5.91 Å². The van der Waals surface area contributed by atoms with Gasteiger partial charge in [-0.3, -0.25) is 9.59 Å². The molecule has 0 radical (unpaired) electrons. The van der Waals surface area contributed by atoms with Crippen LogP contribution in [0.25, 0.3) is 11.4 Å². The Morgan fingerprint density at radius 1 is 1.09 bits per heavy atom. The van der Waals surface area contributed by atoms with Crippen molar-refractivity contribution in [2.45, 2.75) is 46.0 Å². The van der Waals surface area contributed by atoms with E-state index in [2.05, 4.69) is 16.0 Å². The van der Waals surface area contributed by atoms with Crippen LogP contribution in [0.15, 0.2) is 30.5 Å². The number of benzene rings is 1. The van der Waals surface area contributed by atoms with E-state index in [-0.39, 0.29) is 17.8 Å². The predicted molar refractivity (Wildman–Crippen MR) is 124 cm³/mol. The van der Waals surface area contributed by atoms with E-state index < -0.39 is 0 Å². The van der Waals surface area contributed by atoms with Crippen LogP contribution in [0.1, 0.15) is 54.9 Å². The first-order valence-electron chi connectivity index (χ1n) is 11.7. The lowest BCUT2D eigenvalue weighted by Gasteiger charge is -2.33. The minimum absolute atomic E-state index is 0.0522. The summed E-state index contributed by atoms with van der Waals surface area (Å²) < 4.78 is 5.15. The van der Waals surface area contributed by atoms with Crippen molar-refractivity contribution in [3.8, 4) is 11.4 Å². The van der Waals surface area contributed by atoms with Gasteiger partial charge in [-0.25, -0.2) is 9.97 Å². The average molecular weight is 437 g/mol. The highest BCUT2D eigenvalue weighted by Gasteiger charge is 2.31. The molecule has 1 aromatic heterocycles. The van der Waals surface area contributed by atoms with Crippen molar-refractivity contribution < 1.29 is 14.3 Å². The van der Waals surface area contributed by atoms with Crippen LogP contribution in [0.5, 0.6) is 0 Å². The molecule has 2 aromatic rings. The quantitative estimate of drug-likeness (QED) is 0.663. The normalized spacial score (nSPS) is 17.3. The van der Waals surface area contributed by atoms with Crippen LogP contribution in [-0.4, -0.2) is 59.5 Å². The minimum atomic E-state index is -0.153. The zero-order valence-electron chi connectivity index (χ0n) is 19.0. The first kappa shape index (κ1) is 22.2. The Kier molecular flexibility index (Phi) is 7.02. The third-order valence-electron chi connectivity index (χ3n) is 6.33. The number of likely N-dealkylation sites (tertiary alicyclic amines) is 1. The number of carbonyl (C=O) groups excluding carboxylic acids is 2. The number of rotatable bonds is 5. The maximum Gasteiger partial charge on any atom is 0.309 e. The number of amides is 1. The smallest absolute Gasteiger partial charge is 0.309 e. The van der Waals surface area contributed by atoms with Crippen molar-refractivity contribution in [3.05, 3.63) is 41.6 Å². The topological polar surface area (TPSA) is 75.6 Å². The molecule has 2 aliphatic heterocycles. The molecular weight excluding hydrogens is 404 g/mol. The van der Waals surface area contributed by atoms with Crippen LogP contribution in [0.4, 0.5) is 5.82 Å². The molecule has 7 nitrogen and oxygen atoms in total. The maximum atomic E-state index is 13.5. The van der Waals surface area contributed by atoms with E-state index >= 15 is 0 Å². The fourth-order valence-corrected chi connectivity index (χ4v) is 4.54. The number of esters is 1. The number of hydrogen-bond acceptors (Lipinski definition) is 6. The molecule has 32 heavy (non-hydrogen) atoms. The first-order chi connectivity index (χ1) is 15.6. The summed E-state index contributed by atoms with van der Waals surface area (Å²) in [5.41, 5.74) is 2.66. The monoisotopic (exact) mass is 436 g/mol. The highest BCUT2D eigenvalue weighted by Crippen LogP contribution is 2.28. The van der Waals surface area contributed by atoms with Gasteiger partial charge < -0.3 is 14.5 Å². The van der Waals surface area contributed by atoms with Crippen molar-refractivity contribution in [3.63, 3.8) is 0 Å². The number of anilines is 1. The molecule has 0 N–H and O–H groups in total. The molecule has 2 fully saturated rings. The number of carbonyl (C=O) groups is 2. The second-order valence-corrected chi connectivity index (χ2v) is 8.67. The van der Waals surface area contributed by atoms with Gasteiger partial charge in [0.15, 0.2) is 5.82 Å². The van der Waals surface area contributed by atoms with E-state index in [1.165, 1.54) is 6.42 Å². The van der Waals surface area contributed by atoms with Crippen LogP contribution in [-0.2, 0) is 9.53 Å². The molecule has 1 amide bonds. The average Bonchev–Trinajstić information content (AvgIpc) is 2.84. The number of aromatic nitrogens is 2. The third kappa shape index (κ3) is 4.92.